The Morgan fingerprint density at radius 1 is 1.10 bits per heavy atom. The van der Waals surface area contributed by atoms with Gasteiger partial charge in [0.25, 0.3) is 0 Å². The monoisotopic (exact) mass is 418 g/mol. The van der Waals surface area contributed by atoms with Crippen molar-refractivity contribution in [3.8, 4) is 0 Å². The van der Waals surface area contributed by atoms with Gasteiger partial charge in [-0.15, -0.1) is 0 Å². The van der Waals surface area contributed by atoms with Crippen LogP contribution in [-0.2, 0) is 23.9 Å². The number of ether oxygens (including phenoxy) is 1. The number of carbonyl (C=O) groups excluding carboxylic acids is 1. The molecule has 2 aromatic rings. The number of rotatable bonds is 8. The quantitative estimate of drug-likeness (QED) is 0.575. The SMILES string of the molecule is NC(=O)O[C@@H](Cc1cc(F)cc(F)c1)[C@H](O)CNCc1cccc(C(F)(F)F)c1. The Bertz CT molecular complexity index is 825. The second-order valence-corrected chi connectivity index (χ2v) is 6.35. The molecule has 0 aromatic heterocycles. The van der Waals surface area contributed by atoms with E-state index >= 15 is 0 Å². The molecule has 1 amide bonds. The fraction of sp³-hybridized carbons (Fsp3) is 0.316. The van der Waals surface area contributed by atoms with E-state index in [-0.39, 0.29) is 25.1 Å². The van der Waals surface area contributed by atoms with Gasteiger partial charge in [-0.3, -0.25) is 0 Å². The lowest BCUT2D eigenvalue weighted by atomic mass is 10.0. The third-order valence-corrected chi connectivity index (χ3v) is 3.99. The van der Waals surface area contributed by atoms with Gasteiger partial charge in [0.1, 0.15) is 23.8 Å². The number of benzene rings is 2. The summed E-state index contributed by atoms with van der Waals surface area (Å²) in [5.74, 6) is -1.68. The summed E-state index contributed by atoms with van der Waals surface area (Å²) >= 11 is 0. The van der Waals surface area contributed by atoms with E-state index in [1.54, 1.807) is 0 Å². The highest BCUT2D eigenvalue weighted by Crippen LogP contribution is 2.29. The molecule has 0 spiro atoms. The standard InChI is InChI=1S/C19H19F5N2O3/c20-14-5-12(6-15(21)8-14)7-17(29-18(25)28)16(27)10-26-9-11-2-1-3-13(4-11)19(22,23)24/h1-6,8,16-17,26-27H,7,9-10H2,(H2,25,28)/t16-,17+/m1/s1. The molecule has 0 unspecified atom stereocenters. The van der Waals surface area contributed by atoms with Crippen molar-refractivity contribution >= 4 is 6.09 Å². The van der Waals surface area contributed by atoms with Crippen LogP contribution in [0.15, 0.2) is 42.5 Å². The minimum Gasteiger partial charge on any atom is -0.443 e. The van der Waals surface area contributed by atoms with Gasteiger partial charge in [0.15, 0.2) is 0 Å². The van der Waals surface area contributed by atoms with Crippen LogP contribution < -0.4 is 11.1 Å². The molecular weight excluding hydrogens is 399 g/mol. The van der Waals surface area contributed by atoms with Crippen molar-refractivity contribution in [1.82, 2.24) is 5.32 Å². The number of aliphatic hydroxyl groups is 1. The summed E-state index contributed by atoms with van der Waals surface area (Å²) in [6, 6.07) is 7.34. The van der Waals surface area contributed by atoms with Crippen LogP contribution in [0.4, 0.5) is 26.7 Å². The van der Waals surface area contributed by atoms with E-state index in [1.165, 1.54) is 12.1 Å². The third-order valence-electron chi connectivity index (χ3n) is 3.99. The number of hydrogen-bond donors (Lipinski definition) is 3. The van der Waals surface area contributed by atoms with Crippen LogP contribution in [0, 0.1) is 11.6 Å². The topological polar surface area (TPSA) is 84.6 Å². The zero-order valence-corrected chi connectivity index (χ0v) is 15.0. The number of nitrogens with two attached hydrogens (primary N) is 1. The first-order chi connectivity index (χ1) is 13.5. The van der Waals surface area contributed by atoms with E-state index in [9.17, 15) is 31.9 Å². The Labute approximate surface area is 163 Å². The fourth-order valence-electron chi connectivity index (χ4n) is 2.72. The molecule has 10 heteroatoms. The van der Waals surface area contributed by atoms with Crippen molar-refractivity contribution < 1.29 is 36.6 Å². The van der Waals surface area contributed by atoms with E-state index in [0.717, 1.165) is 24.3 Å². The second-order valence-electron chi connectivity index (χ2n) is 6.35. The van der Waals surface area contributed by atoms with Gasteiger partial charge in [-0.25, -0.2) is 13.6 Å². The summed E-state index contributed by atoms with van der Waals surface area (Å²) in [5.41, 5.74) is 4.62. The summed E-state index contributed by atoms with van der Waals surface area (Å²) in [4.78, 5) is 11.1. The lowest BCUT2D eigenvalue weighted by Crippen LogP contribution is -2.41. The van der Waals surface area contributed by atoms with E-state index in [2.05, 4.69) is 5.32 Å². The molecule has 0 aliphatic rings. The van der Waals surface area contributed by atoms with E-state index in [4.69, 9.17) is 10.5 Å². The molecule has 2 aromatic carbocycles. The predicted octanol–water partition coefficient (Wildman–Crippen LogP) is 3.14. The van der Waals surface area contributed by atoms with E-state index in [0.29, 0.717) is 11.6 Å². The zero-order chi connectivity index (χ0) is 21.6. The molecule has 4 N–H and O–H groups in total. The van der Waals surface area contributed by atoms with Crippen LogP contribution in [0.3, 0.4) is 0 Å². The molecule has 0 bridgehead atoms. The molecule has 2 atom stereocenters. The number of aliphatic hydroxyl groups excluding tert-OH is 1. The predicted molar refractivity (Wildman–Crippen MR) is 93.7 cm³/mol. The van der Waals surface area contributed by atoms with E-state index < -0.39 is 41.7 Å². The number of hydrogen-bond acceptors (Lipinski definition) is 4. The second kappa shape index (κ2) is 9.66. The van der Waals surface area contributed by atoms with Crippen LogP contribution in [0.2, 0.25) is 0 Å². The zero-order valence-electron chi connectivity index (χ0n) is 15.0. The maximum absolute atomic E-state index is 13.3. The average Bonchev–Trinajstić information content (AvgIpc) is 2.59. The molecule has 0 fully saturated rings. The maximum atomic E-state index is 13.3. The molecule has 0 heterocycles. The molecule has 0 saturated heterocycles. The smallest absolute Gasteiger partial charge is 0.416 e. The highest BCUT2D eigenvalue weighted by Gasteiger charge is 2.30. The Hall–Kier alpha value is -2.72. The van der Waals surface area contributed by atoms with Crippen molar-refractivity contribution in [1.29, 1.82) is 0 Å². The van der Waals surface area contributed by atoms with Crippen molar-refractivity contribution in [2.45, 2.75) is 31.3 Å². The Morgan fingerprint density at radius 2 is 1.76 bits per heavy atom. The summed E-state index contributed by atoms with van der Waals surface area (Å²) in [5, 5.41) is 13.0. The number of alkyl halides is 3. The maximum Gasteiger partial charge on any atom is 0.416 e. The Kier molecular flexibility index (Phi) is 7.52. The summed E-state index contributed by atoms with van der Waals surface area (Å²) in [6.45, 7) is -0.176. The lowest BCUT2D eigenvalue weighted by Gasteiger charge is -2.23. The van der Waals surface area contributed by atoms with Crippen molar-refractivity contribution in [3.05, 3.63) is 70.8 Å². The molecule has 0 aliphatic carbocycles. The van der Waals surface area contributed by atoms with Crippen molar-refractivity contribution in [3.63, 3.8) is 0 Å². The van der Waals surface area contributed by atoms with E-state index in [1.807, 2.05) is 0 Å². The minimum absolute atomic E-state index is 0.00113. The summed E-state index contributed by atoms with van der Waals surface area (Å²) in [6.07, 6.45) is -8.44. The van der Waals surface area contributed by atoms with Crippen LogP contribution >= 0.6 is 0 Å². The van der Waals surface area contributed by atoms with Gasteiger partial charge < -0.3 is 20.9 Å². The summed E-state index contributed by atoms with van der Waals surface area (Å²) < 4.78 is 69.7. The first kappa shape index (κ1) is 22.6. The van der Waals surface area contributed by atoms with Crippen molar-refractivity contribution in [2.75, 3.05) is 6.54 Å². The summed E-state index contributed by atoms with van der Waals surface area (Å²) in [7, 11) is 0. The number of carbonyl (C=O) groups is 1. The van der Waals surface area contributed by atoms with Gasteiger partial charge in [0, 0.05) is 25.6 Å². The first-order valence-electron chi connectivity index (χ1n) is 8.50. The number of primary amides is 1. The number of amides is 1. The molecular formula is C19H19F5N2O3. The average molecular weight is 418 g/mol. The van der Waals surface area contributed by atoms with Gasteiger partial charge in [-0.05, 0) is 29.3 Å². The minimum atomic E-state index is -4.48. The van der Waals surface area contributed by atoms with Gasteiger partial charge in [0.05, 0.1) is 5.56 Å². The lowest BCUT2D eigenvalue weighted by molar-refractivity contribution is -0.137. The first-order valence-corrected chi connectivity index (χ1v) is 8.50. The largest absolute Gasteiger partial charge is 0.443 e. The molecule has 158 valence electrons. The normalized spacial score (nSPS) is 13.7. The van der Waals surface area contributed by atoms with Gasteiger partial charge >= 0.3 is 12.3 Å². The van der Waals surface area contributed by atoms with Crippen LogP contribution in [0.25, 0.3) is 0 Å². The highest BCUT2D eigenvalue weighted by molar-refractivity contribution is 5.64. The fourth-order valence-corrected chi connectivity index (χ4v) is 2.72. The molecule has 2 rings (SSSR count). The number of nitrogens with one attached hydrogen (secondary N) is 1. The van der Waals surface area contributed by atoms with Gasteiger partial charge in [0.2, 0.25) is 0 Å². The Balaban J connectivity index is 1.99. The molecule has 0 saturated carbocycles. The highest BCUT2D eigenvalue weighted by atomic mass is 19.4. The molecule has 0 aliphatic heterocycles. The Morgan fingerprint density at radius 3 is 2.34 bits per heavy atom. The van der Waals surface area contributed by atoms with Crippen LogP contribution in [0.1, 0.15) is 16.7 Å². The number of halogens is 5. The van der Waals surface area contributed by atoms with Gasteiger partial charge in [-0.1, -0.05) is 18.2 Å². The molecule has 5 nitrogen and oxygen atoms in total. The van der Waals surface area contributed by atoms with Crippen LogP contribution in [-0.4, -0.2) is 30.0 Å². The third kappa shape index (κ3) is 7.31. The molecule has 0 radical (unpaired) electrons. The van der Waals surface area contributed by atoms with Crippen molar-refractivity contribution in [2.24, 2.45) is 5.73 Å². The van der Waals surface area contributed by atoms with Gasteiger partial charge in [-0.2, -0.15) is 13.2 Å². The van der Waals surface area contributed by atoms with Crippen LogP contribution in [0.5, 0.6) is 0 Å². The molecule has 29 heavy (non-hydrogen) atoms.